The molecule has 3 aromatic rings. The minimum Gasteiger partial charge on any atom is -0.348 e. The number of rotatable bonds is 4. The van der Waals surface area contributed by atoms with E-state index in [1.807, 2.05) is 31.2 Å². The fourth-order valence-electron chi connectivity index (χ4n) is 4.39. The van der Waals surface area contributed by atoms with Crippen molar-refractivity contribution >= 4 is 26.8 Å². The highest BCUT2D eigenvalue weighted by Crippen LogP contribution is 2.34. The summed E-state index contributed by atoms with van der Waals surface area (Å²) >= 11 is 0. The molecule has 150 valence electrons. The first kappa shape index (κ1) is 18.3. The number of sulfonamides is 1. The molecular formula is C21H22N4O3S. The molecule has 0 spiro atoms. The molecule has 2 aliphatic rings. The van der Waals surface area contributed by atoms with Gasteiger partial charge in [0.25, 0.3) is 0 Å². The van der Waals surface area contributed by atoms with Gasteiger partial charge in [0, 0.05) is 11.9 Å². The zero-order chi connectivity index (χ0) is 20.2. The van der Waals surface area contributed by atoms with Crippen molar-refractivity contribution in [1.82, 2.24) is 19.8 Å². The SMILES string of the molecule is Cc1cc(S(=O)(=O)N2CC[C@H]2C(=O)N[C@H]2CCc3ccccc32)c2[nH]ncc2c1. The van der Waals surface area contributed by atoms with Gasteiger partial charge in [0.15, 0.2) is 0 Å². The Kier molecular flexibility index (Phi) is 4.22. The number of hydrogen-bond donors (Lipinski definition) is 2. The Hall–Kier alpha value is -2.71. The Bertz CT molecular complexity index is 1220. The van der Waals surface area contributed by atoms with E-state index < -0.39 is 16.1 Å². The lowest BCUT2D eigenvalue weighted by atomic mass is 10.0. The zero-order valence-corrected chi connectivity index (χ0v) is 16.9. The van der Waals surface area contributed by atoms with Crippen molar-refractivity contribution in [3.63, 3.8) is 0 Å². The summed E-state index contributed by atoms with van der Waals surface area (Å²) in [4.78, 5) is 13.1. The second kappa shape index (κ2) is 6.67. The maximum atomic E-state index is 13.3. The van der Waals surface area contributed by atoms with Crippen LogP contribution < -0.4 is 5.32 Å². The van der Waals surface area contributed by atoms with Crippen LogP contribution in [0.3, 0.4) is 0 Å². The largest absolute Gasteiger partial charge is 0.348 e. The van der Waals surface area contributed by atoms with E-state index >= 15 is 0 Å². The van der Waals surface area contributed by atoms with Crippen LogP contribution in [0.1, 0.15) is 35.6 Å². The molecule has 2 atom stereocenters. The number of aromatic nitrogens is 2. The van der Waals surface area contributed by atoms with Crippen molar-refractivity contribution in [3.8, 4) is 0 Å². The van der Waals surface area contributed by atoms with E-state index in [9.17, 15) is 13.2 Å². The highest BCUT2D eigenvalue weighted by molar-refractivity contribution is 7.89. The number of carbonyl (C=O) groups is 1. The van der Waals surface area contributed by atoms with Gasteiger partial charge in [-0.3, -0.25) is 9.89 Å². The molecule has 5 rings (SSSR count). The van der Waals surface area contributed by atoms with Crippen LogP contribution in [-0.4, -0.2) is 41.4 Å². The third-order valence-corrected chi connectivity index (χ3v) is 7.90. The molecule has 0 saturated carbocycles. The van der Waals surface area contributed by atoms with Crippen LogP contribution in [-0.2, 0) is 21.2 Å². The van der Waals surface area contributed by atoms with Crippen LogP contribution in [0.15, 0.2) is 47.5 Å². The molecule has 2 N–H and O–H groups in total. The summed E-state index contributed by atoms with van der Waals surface area (Å²) in [7, 11) is -3.81. The van der Waals surface area contributed by atoms with Gasteiger partial charge in [-0.25, -0.2) is 8.42 Å². The molecule has 7 nitrogen and oxygen atoms in total. The van der Waals surface area contributed by atoms with E-state index in [0.29, 0.717) is 18.5 Å². The molecule has 29 heavy (non-hydrogen) atoms. The molecule has 1 saturated heterocycles. The number of nitrogens with zero attached hydrogens (tertiary/aromatic N) is 2. The number of H-pyrrole nitrogens is 1. The normalized spacial score (nSPS) is 21.7. The average molecular weight is 410 g/mol. The van der Waals surface area contributed by atoms with E-state index in [4.69, 9.17) is 0 Å². The summed E-state index contributed by atoms with van der Waals surface area (Å²) in [6.45, 7) is 2.19. The summed E-state index contributed by atoms with van der Waals surface area (Å²) in [6.07, 6.45) is 3.91. The molecule has 2 heterocycles. The average Bonchev–Trinajstić information content (AvgIpc) is 3.26. The Morgan fingerprint density at radius 1 is 1.24 bits per heavy atom. The standard InChI is InChI=1S/C21H22N4O3S/c1-13-10-15-12-22-24-20(15)19(11-13)29(27,28)25-9-8-18(25)21(26)23-17-7-6-14-4-2-3-5-16(14)17/h2-5,10-12,17-18H,6-9H2,1H3,(H,22,24)(H,23,26)/t17-,18-/m0/s1. The minimum atomic E-state index is -3.81. The summed E-state index contributed by atoms with van der Waals surface area (Å²) in [5.74, 6) is -0.227. The molecule has 8 heteroatoms. The topological polar surface area (TPSA) is 95.2 Å². The van der Waals surface area contributed by atoms with Gasteiger partial charge in [-0.2, -0.15) is 9.40 Å². The first-order valence-corrected chi connectivity index (χ1v) is 11.2. The zero-order valence-electron chi connectivity index (χ0n) is 16.1. The molecule has 1 aromatic heterocycles. The number of fused-ring (bicyclic) bond motifs is 2. The van der Waals surface area contributed by atoms with Crippen molar-refractivity contribution in [1.29, 1.82) is 0 Å². The van der Waals surface area contributed by atoms with Crippen LogP contribution in [0.25, 0.3) is 10.9 Å². The van der Waals surface area contributed by atoms with Gasteiger partial charge in [0.1, 0.15) is 10.9 Å². The summed E-state index contributed by atoms with van der Waals surface area (Å²) in [6, 6.07) is 10.9. The van der Waals surface area contributed by atoms with Gasteiger partial charge in [-0.05, 0) is 55.0 Å². The maximum absolute atomic E-state index is 13.3. The number of hydrogen-bond acceptors (Lipinski definition) is 4. The predicted octanol–water partition coefficient (Wildman–Crippen LogP) is 2.44. The Morgan fingerprint density at radius 3 is 2.86 bits per heavy atom. The molecule has 1 aliphatic carbocycles. The highest BCUT2D eigenvalue weighted by Gasteiger charge is 2.44. The minimum absolute atomic E-state index is 0.0536. The van der Waals surface area contributed by atoms with Gasteiger partial charge in [-0.1, -0.05) is 24.3 Å². The van der Waals surface area contributed by atoms with Crippen LogP contribution in [0.5, 0.6) is 0 Å². The summed E-state index contributed by atoms with van der Waals surface area (Å²) < 4.78 is 28.0. The lowest BCUT2D eigenvalue weighted by Crippen LogP contribution is -2.58. The Labute approximate surface area is 169 Å². The molecule has 0 unspecified atom stereocenters. The number of benzene rings is 2. The molecule has 2 aromatic carbocycles. The fourth-order valence-corrected chi connectivity index (χ4v) is 6.28. The number of nitrogens with one attached hydrogen (secondary N) is 2. The highest BCUT2D eigenvalue weighted by atomic mass is 32.2. The molecule has 0 bridgehead atoms. The first-order valence-electron chi connectivity index (χ1n) is 9.79. The van der Waals surface area contributed by atoms with Crippen molar-refractivity contribution in [2.45, 2.75) is 43.2 Å². The first-order chi connectivity index (χ1) is 13.9. The predicted molar refractivity (Wildman–Crippen MR) is 109 cm³/mol. The number of aryl methyl sites for hydroxylation is 2. The maximum Gasteiger partial charge on any atom is 0.245 e. The smallest absolute Gasteiger partial charge is 0.245 e. The quantitative estimate of drug-likeness (QED) is 0.691. The third kappa shape index (κ3) is 2.94. The van der Waals surface area contributed by atoms with Gasteiger partial charge in [0.05, 0.1) is 17.8 Å². The van der Waals surface area contributed by atoms with Gasteiger partial charge in [0.2, 0.25) is 15.9 Å². The van der Waals surface area contributed by atoms with Crippen molar-refractivity contribution in [2.75, 3.05) is 6.54 Å². The van der Waals surface area contributed by atoms with Gasteiger partial charge < -0.3 is 5.32 Å². The van der Waals surface area contributed by atoms with E-state index in [1.165, 1.54) is 9.87 Å². The van der Waals surface area contributed by atoms with Crippen LogP contribution in [0.4, 0.5) is 0 Å². The molecule has 1 aliphatic heterocycles. The van der Waals surface area contributed by atoms with Crippen LogP contribution in [0, 0.1) is 6.92 Å². The van der Waals surface area contributed by atoms with E-state index in [2.05, 4.69) is 21.6 Å². The molecular weight excluding hydrogens is 388 g/mol. The van der Waals surface area contributed by atoms with Gasteiger partial charge >= 0.3 is 0 Å². The second-order valence-electron chi connectivity index (χ2n) is 7.82. The Morgan fingerprint density at radius 2 is 2.07 bits per heavy atom. The van der Waals surface area contributed by atoms with Crippen LogP contribution in [0.2, 0.25) is 0 Å². The second-order valence-corrected chi connectivity index (χ2v) is 9.68. The molecule has 1 fully saturated rings. The van der Waals surface area contributed by atoms with E-state index in [0.717, 1.165) is 29.4 Å². The fraction of sp³-hybridized carbons (Fsp3) is 0.333. The summed E-state index contributed by atoms with van der Waals surface area (Å²) in [5, 5.41) is 10.6. The number of aromatic amines is 1. The van der Waals surface area contributed by atoms with Crippen molar-refractivity contribution in [3.05, 3.63) is 59.3 Å². The summed E-state index contributed by atoms with van der Waals surface area (Å²) in [5.41, 5.74) is 3.69. The van der Waals surface area contributed by atoms with Crippen LogP contribution >= 0.6 is 0 Å². The lowest BCUT2D eigenvalue weighted by Gasteiger charge is -2.39. The van der Waals surface area contributed by atoms with E-state index in [1.54, 1.807) is 12.3 Å². The number of carbonyl (C=O) groups excluding carboxylic acids is 1. The third-order valence-electron chi connectivity index (χ3n) is 5.97. The molecule has 1 amide bonds. The molecule has 0 radical (unpaired) electrons. The Balaban J connectivity index is 1.40. The van der Waals surface area contributed by atoms with Crippen molar-refractivity contribution < 1.29 is 13.2 Å². The van der Waals surface area contributed by atoms with E-state index in [-0.39, 0.29) is 16.8 Å². The van der Waals surface area contributed by atoms with Gasteiger partial charge in [-0.15, -0.1) is 0 Å². The van der Waals surface area contributed by atoms with Crippen molar-refractivity contribution in [2.24, 2.45) is 0 Å². The lowest BCUT2D eigenvalue weighted by molar-refractivity contribution is -0.128. The number of amides is 1. The monoisotopic (exact) mass is 410 g/mol.